The number of benzene rings is 2. The van der Waals surface area contributed by atoms with E-state index in [0.717, 1.165) is 24.5 Å². The molecule has 0 aliphatic carbocycles. The number of non-ortho nitro benzene ring substituents is 1. The molecule has 10 heteroatoms. The first-order valence-electron chi connectivity index (χ1n) is 6.17. The minimum absolute atomic E-state index is 0.121. The molecule has 0 aromatic heterocycles. The molecule has 2 aromatic rings. The number of sulfonamides is 1. The molecule has 1 N–H and O–H groups in total. The summed E-state index contributed by atoms with van der Waals surface area (Å²) in [6, 6.07) is 9.72. The third kappa shape index (κ3) is 4.05. The van der Waals surface area contributed by atoms with Crippen LogP contribution in [0.5, 0.6) is 0 Å². The quantitative estimate of drug-likeness (QED) is 0.643. The lowest BCUT2D eigenvalue weighted by molar-refractivity contribution is -0.384. The Bertz CT molecular complexity index is 950. The van der Waals surface area contributed by atoms with Crippen molar-refractivity contribution in [3.63, 3.8) is 0 Å². The lowest BCUT2D eigenvalue weighted by Crippen LogP contribution is -2.13. The smallest absolute Gasteiger partial charge is 0.269 e. The van der Waals surface area contributed by atoms with E-state index in [0.29, 0.717) is 0 Å². The number of nitro groups is 1. The van der Waals surface area contributed by atoms with Crippen molar-refractivity contribution in [1.82, 2.24) is 0 Å². The molecule has 122 valence electrons. The van der Waals surface area contributed by atoms with Crippen LogP contribution in [0.2, 0.25) is 0 Å². The fraction of sp³-hybridized carbons (Fsp3) is 0.0769. The SMILES string of the molecule is CS(=O)(=O)c1cccc(S(=O)(=O)Nc2ccc([N+](=O)[O-])cc2)c1. The van der Waals surface area contributed by atoms with Gasteiger partial charge in [-0.15, -0.1) is 0 Å². The Kier molecular flexibility index (Phi) is 4.39. The molecule has 0 saturated carbocycles. The average molecular weight is 356 g/mol. The number of hydrogen-bond acceptors (Lipinski definition) is 6. The van der Waals surface area contributed by atoms with Gasteiger partial charge in [-0.05, 0) is 30.3 Å². The Morgan fingerprint density at radius 2 is 1.52 bits per heavy atom. The second-order valence-corrected chi connectivity index (χ2v) is 8.35. The van der Waals surface area contributed by atoms with Crippen LogP contribution in [-0.2, 0) is 19.9 Å². The minimum Gasteiger partial charge on any atom is -0.280 e. The number of nitro benzene ring substituents is 1. The molecule has 0 heterocycles. The highest BCUT2D eigenvalue weighted by atomic mass is 32.2. The first-order valence-corrected chi connectivity index (χ1v) is 9.54. The van der Waals surface area contributed by atoms with Crippen LogP contribution in [0.1, 0.15) is 0 Å². The number of nitrogens with one attached hydrogen (secondary N) is 1. The van der Waals surface area contributed by atoms with Crippen LogP contribution in [0.25, 0.3) is 0 Å². The summed E-state index contributed by atoms with van der Waals surface area (Å²) in [7, 11) is -7.55. The summed E-state index contributed by atoms with van der Waals surface area (Å²) in [5.74, 6) is 0. The van der Waals surface area contributed by atoms with Crippen molar-refractivity contribution in [2.24, 2.45) is 0 Å². The number of anilines is 1. The fourth-order valence-corrected chi connectivity index (χ4v) is 3.58. The Morgan fingerprint density at radius 1 is 0.957 bits per heavy atom. The van der Waals surface area contributed by atoms with Gasteiger partial charge in [0.2, 0.25) is 0 Å². The second-order valence-electron chi connectivity index (χ2n) is 4.66. The van der Waals surface area contributed by atoms with Gasteiger partial charge in [0.05, 0.1) is 14.7 Å². The first kappa shape index (κ1) is 16.9. The van der Waals surface area contributed by atoms with Crippen molar-refractivity contribution in [2.75, 3.05) is 11.0 Å². The molecular formula is C13H12N2O6S2. The molecule has 0 saturated heterocycles. The topological polar surface area (TPSA) is 123 Å². The molecule has 23 heavy (non-hydrogen) atoms. The molecule has 0 spiro atoms. The van der Waals surface area contributed by atoms with Crippen molar-refractivity contribution in [3.05, 3.63) is 58.6 Å². The van der Waals surface area contributed by atoms with Gasteiger partial charge < -0.3 is 0 Å². The highest BCUT2D eigenvalue weighted by Gasteiger charge is 2.17. The number of rotatable bonds is 5. The lowest BCUT2D eigenvalue weighted by atomic mass is 10.3. The first-order chi connectivity index (χ1) is 10.6. The molecule has 0 atom stereocenters. The van der Waals surface area contributed by atoms with Crippen molar-refractivity contribution >= 4 is 31.2 Å². The summed E-state index contributed by atoms with van der Waals surface area (Å²) in [4.78, 5) is 9.61. The summed E-state index contributed by atoms with van der Waals surface area (Å²) < 4.78 is 49.7. The monoisotopic (exact) mass is 356 g/mol. The average Bonchev–Trinajstić information content (AvgIpc) is 2.46. The van der Waals surface area contributed by atoms with E-state index in [1.54, 1.807) is 0 Å². The normalized spacial score (nSPS) is 11.9. The highest BCUT2D eigenvalue weighted by molar-refractivity contribution is 7.93. The summed E-state index contributed by atoms with van der Waals surface area (Å²) >= 11 is 0. The molecule has 0 amide bonds. The summed E-state index contributed by atoms with van der Waals surface area (Å²) in [5, 5.41) is 10.6. The van der Waals surface area contributed by atoms with Crippen LogP contribution >= 0.6 is 0 Å². The Labute approximate surface area is 132 Å². The Balaban J connectivity index is 2.34. The van der Waals surface area contributed by atoms with E-state index >= 15 is 0 Å². The van der Waals surface area contributed by atoms with E-state index in [2.05, 4.69) is 4.72 Å². The maximum Gasteiger partial charge on any atom is 0.269 e. The standard InChI is InChI=1S/C13H12N2O6S2/c1-22(18,19)12-3-2-4-13(9-12)23(20,21)14-10-5-7-11(8-6-10)15(16)17/h2-9,14H,1H3. The molecule has 0 aliphatic rings. The van der Waals surface area contributed by atoms with Crippen LogP contribution in [0.3, 0.4) is 0 Å². The second kappa shape index (κ2) is 5.97. The van der Waals surface area contributed by atoms with Gasteiger partial charge in [-0.1, -0.05) is 6.07 Å². The predicted octanol–water partition coefficient (Wildman–Crippen LogP) is 1.80. The molecule has 2 aromatic carbocycles. The van der Waals surface area contributed by atoms with Crippen molar-refractivity contribution in [1.29, 1.82) is 0 Å². The molecule has 0 bridgehead atoms. The van der Waals surface area contributed by atoms with E-state index in [-0.39, 0.29) is 21.2 Å². The van der Waals surface area contributed by atoms with Crippen LogP contribution in [-0.4, -0.2) is 28.0 Å². The summed E-state index contributed by atoms with van der Waals surface area (Å²) in [6.07, 6.45) is 0.975. The minimum atomic E-state index is -4.01. The Morgan fingerprint density at radius 3 is 2.04 bits per heavy atom. The molecule has 0 unspecified atom stereocenters. The summed E-state index contributed by atoms with van der Waals surface area (Å²) in [5.41, 5.74) is -0.0487. The zero-order valence-corrected chi connectivity index (χ0v) is 13.5. The zero-order chi connectivity index (χ0) is 17.3. The largest absolute Gasteiger partial charge is 0.280 e. The van der Waals surface area contributed by atoms with E-state index in [1.807, 2.05) is 0 Å². The van der Waals surface area contributed by atoms with Gasteiger partial charge in [-0.25, -0.2) is 16.8 Å². The summed E-state index contributed by atoms with van der Waals surface area (Å²) in [6.45, 7) is 0. The number of hydrogen-bond donors (Lipinski definition) is 1. The van der Waals surface area contributed by atoms with Gasteiger partial charge in [-0.2, -0.15) is 0 Å². The van der Waals surface area contributed by atoms with E-state index in [1.165, 1.54) is 30.3 Å². The van der Waals surface area contributed by atoms with Gasteiger partial charge in [0, 0.05) is 24.1 Å². The van der Waals surface area contributed by atoms with Crippen molar-refractivity contribution in [2.45, 2.75) is 9.79 Å². The zero-order valence-electron chi connectivity index (χ0n) is 11.8. The van der Waals surface area contributed by atoms with Gasteiger partial charge in [0.1, 0.15) is 0 Å². The van der Waals surface area contributed by atoms with Crippen molar-refractivity contribution < 1.29 is 21.8 Å². The van der Waals surface area contributed by atoms with Gasteiger partial charge in [0.25, 0.3) is 15.7 Å². The fourth-order valence-electron chi connectivity index (χ4n) is 1.74. The van der Waals surface area contributed by atoms with Gasteiger partial charge in [-0.3, -0.25) is 14.8 Å². The van der Waals surface area contributed by atoms with Gasteiger partial charge in [0.15, 0.2) is 9.84 Å². The van der Waals surface area contributed by atoms with Crippen molar-refractivity contribution in [3.8, 4) is 0 Å². The van der Waals surface area contributed by atoms with Crippen LogP contribution in [0, 0.1) is 10.1 Å². The molecule has 0 radical (unpaired) electrons. The molecule has 0 aliphatic heterocycles. The van der Waals surface area contributed by atoms with Gasteiger partial charge >= 0.3 is 0 Å². The predicted molar refractivity (Wildman–Crippen MR) is 83.5 cm³/mol. The van der Waals surface area contributed by atoms with Crippen LogP contribution < -0.4 is 4.72 Å². The third-order valence-electron chi connectivity index (χ3n) is 2.87. The highest BCUT2D eigenvalue weighted by Crippen LogP contribution is 2.21. The molecule has 8 nitrogen and oxygen atoms in total. The van der Waals surface area contributed by atoms with Crippen LogP contribution in [0.15, 0.2) is 58.3 Å². The molecular weight excluding hydrogens is 344 g/mol. The lowest BCUT2D eigenvalue weighted by Gasteiger charge is -2.09. The number of sulfone groups is 1. The number of nitrogens with zero attached hydrogens (tertiary/aromatic N) is 1. The van der Waals surface area contributed by atoms with Crippen LogP contribution in [0.4, 0.5) is 11.4 Å². The van der Waals surface area contributed by atoms with E-state index in [4.69, 9.17) is 0 Å². The Hall–Kier alpha value is -2.46. The molecule has 2 rings (SSSR count). The molecule has 0 fully saturated rings. The van der Waals surface area contributed by atoms with E-state index in [9.17, 15) is 26.9 Å². The third-order valence-corrected chi connectivity index (χ3v) is 5.36. The maximum atomic E-state index is 12.3. The van der Waals surface area contributed by atoms with E-state index < -0.39 is 24.8 Å². The maximum absolute atomic E-state index is 12.3.